The van der Waals surface area contributed by atoms with Crippen molar-refractivity contribution in [2.75, 3.05) is 13.2 Å². The number of hydrogen-bond donors (Lipinski definition) is 0. The zero-order chi connectivity index (χ0) is 13.5. The first-order valence-corrected chi connectivity index (χ1v) is 6.48. The van der Waals surface area contributed by atoms with Gasteiger partial charge in [0, 0.05) is 16.5 Å². The molecule has 2 rings (SSSR count). The maximum Gasteiger partial charge on any atom is 0.186 e. The van der Waals surface area contributed by atoms with Gasteiger partial charge in [-0.05, 0) is 28.9 Å². The first kappa shape index (κ1) is 13.9. The van der Waals surface area contributed by atoms with E-state index in [0.29, 0.717) is 13.2 Å². The van der Waals surface area contributed by atoms with Gasteiger partial charge in [0.15, 0.2) is 6.29 Å². The lowest BCUT2D eigenvalue weighted by molar-refractivity contribution is -0.227. The van der Waals surface area contributed by atoms with Crippen LogP contribution in [-0.4, -0.2) is 13.2 Å². The van der Waals surface area contributed by atoms with Crippen LogP contribution in [0.1, 0.15) is 31.3 Å². The predicted molar refractivity (Wildman–Crippen MR) is 67.2 cm³/mol. The average Bonchev–Trinajstić information content (AvgIpc) is 2.32. The molecule has 1 aromatic carbocycles. The van der Waals surface area contributed by atoms with Gasteiger partial charge >= 0.3 is 0 Å². The number of ether oxygens (including phenoxy) is 2. The Kier molecular flexibility index (Phi) is 3.76. The minimum absolute atomic E-state index is 0.0311. The quantitative estimate of drug-likeness (QED) is 0.725. The highest BCUT2D eigenvalue weighted by molar-refractivity contribution is 9.10. The molecule has 5 heteroatoms. The second-order valence-electron chi connectivity index (χ2n) is 5.32. The van der Waals surface area contributed by atoms with E-state index in [1.807, 2.05) is 13.8 Å². The monoisotopic (exact) mass is 320 g/mol. The van der Waals surface area contributed by atoms with Crippen molar-refractivity contribution in [1.82, 2.24) is 0 Å². The molecule has 0 bridgehead atoms. The molecule has 2 nitrogen and oxygen atoms in total. The van der Waals surface area contributed by atoms with Crippen LogP contribution in [0, 0.1) is 24.0 Å². The van der Waals surface area contributed by atoms with E-state index in [2.05, 4.69) is 15.9 Å². The van der Waals surface area contributed by atoms with E-state index in [1.54, 1.807) is 0 Å². The molecule has 0 spiro atoms. The van der Waals surface area contributed by atoms with Gasteiger partial charge in [0.2, 0.25) is 0 Å². The molecule has 1 aromatic rings. The molecule has 0 radical (unpaired) electrons. The molecule has 0 N–H and O–H groups in total. The predicted octanol–water partition coefficient (Wildman–Crippen LogP) is 4.11. The summed E-state index contributed by atoms with van der Waals surface area (Å²) < 4.78 is 38.7. The van der Waals surface area contributed by atoms with Crippen LogP contribution in [0.2, 0.25) is 0 Å². The second kappa shape index (κ2) is 4.87. The van der Waals surface area contributed by atoms with Crippen LogP contribution < -0.4 is 0 Å². The molecule has 0 amide bonds. The third-order valence-electron chi connectivity index (χ3n) is 2.91. The highest BCUT2D eigenvalue weighted by Crippen LogP contribution is 2.35. The van der Waals surface area contributed by atoms with Crippen molar-refractivity contribution in [3.8, 4) is 0 Å². The second-order valence-corrected chi connectivity index (χ2v) is 6.17. The lowest BCUT2D eigenvalue weighted by Crippen LogP contribution is -2.34. The van der Waals surface area contributed by atoms with E-state index in [0.717, 1.165) is 0 Å². The molecular formula is C13H15BrF2O2. The van der Waals surface area contributed by atoms with Crippen LogP contribution in [0.3, 0.4) is 0 Å². The SMILES string of the molecule is Cc1c(F)c(Br)cc(C2OCC(C)(C)CO2)c1F. The Labute approximate surface area is 113 Å². The normalized spacial score (nSPS) is 20.1. The third kappa shape index (κ3) is 2.58. The largest absolute Gasteiger partial charge is 0.348 e. The van der Waals surface area contributed by atoms with E-state index < -0.39 is 17.9 Å². The van der Waals surface area contributed by atoms with Crippen molar-refractivity contribution >= 4 is 15.9 Å². The van der Waals surface area contributed by atoms with E-state index in [9.17, 15) is 8.78 Å². The zero-order valence-corrected chi connectivity index (χ0v) is 12.1. The number of hydrogen-bond acceptors (Lipinski definition) is 2. The first-order chi connectivity index (χ1) is 8.32. The van der Waals surface area contributed by atoms with E-state index in [-0.39, 0.29) is 21.0 Å². The summed E-state index contributed by atoms with van der Waals surface area (Å²) in [4.78, 5) is 0. The van der Waals surface area contributed by atoms with Gasteiger partial charge in [-0.1, -0.05) is 13.8 Å². The lowest BCUT2D eigenvalue weighted by atomic mass is 9.95. The highest BCUT2D eigenvalue weighted by Gasteiger charge is 2.31. The molecule has 1 heterocycles. The molecule has 0 atom stereocenters. The Morgan fingerprint density at radius 2 is 1.78 bits per heavy atom. The summed E-state index contributed by atoms with van der Waals surface area (Å²) in [5, 5.41) is 0. The van der Waals surface area contributed by atoms with Crippen LogP contribution in [0.15, 0.2) is 10.5 Å². The van der Waals surface area contributed by atoms with Gasteiger partial charge in [-0.15, -0.1) is 0 Å². The van der Waals surface area contributed by atoms with Crippen molar-refractivity contribution in [2.45, 2.75) is 27.1 Å². The molecule has 1 aliphatic rings. The maximum absolute atomic E-state index is 14.0. The zero-order valence-electron chi connectivity index (χ0n) is 10.5. The van der Waals surface area contributed by atoms with Crippen molar-refractivity contribution in [1.29, 1.82) is 0 Å². The fourth-order valence-corrected chi connectivity index (χ4v) is 2.34. The van der Waals surface area contributed by atoms with Crippen molar-refractivity contribution in [3.63, 3.8) is 0 Å². The number of benzene rings is 1. The molecule has 1 fully saturated rings. The standard InChI is InChI=1S/C13H15BrF2O2/c1-7-10(15)8(4-9(14)11(7)16)12-17-5-13(2,3)6-18-12/h4,12H,5-6H2,1-3H3. The Morgan fingerprint density at radius 3 is 2.33 bits per heavy atom. The summed E-state index contributed by atoms with van der Waals surface area (Å²) in [6.07, 6.45) is -0.770. The van der Waals surface area contributed by atoms with Gasteiger partial charge in [-0.3, -0.25) is 0 Å². The summed E-state index contributed by atoms with van der Waals surface area (Å²) in [6.45, 7) is 6.36. The fraction of sp³-hybridized carbons (Fsp3) is 0.538. The Bertz CT molecular complexity index is 465. The molecule has 0 unspecified atom stereocenters. The van der Waals surface area contributed by atoms with Gasteiger partial charge in [0.1, 0.15) is 11.6 Å². The van der Waals surface area contributed by atoms with E-state index in [4.69, 9.17) is 9.47 Å². The van der Waals surface area contributed by atoms with Crippen LogP contribution in [0.5, 0.6) is 0 Å². The van der Waals surface area contributed by atoms with Gasteiger partial charge in [-0.2, -0.15) is 0 Å². The van der Waals surface area contributed by atoms with Crippen molar-refractivity contribution in [2.24, 2.45) is 5.41 Å². The molecule has 100 valence electrons. The Morgan fingerprint density at radius 1 is 1.22 bits per heavy atom. The first-order valence-electron chi connectivity index (χ1n) is 5.69. The van der Waals surface area contributed by atoms with Crippen molar-refractivity contribution in [3.05, 3.63) is 33.3 Å². The average molecular weight is 321 g/mol. The summed E-state index contributed by atoms with van der Waals surface area (Å²) in [6, 6.07) is 1.38. The third-order valence-corrected chi connectivity index (χ3v) is 3.49. The minimum atomic E-state index is -0.770. The van der Waals surface area contributed by atoms with Gasteiger partial charge in [0.05, 0.1) is 17.7 Å². The molecule has 1 aliphatic heterocycles. The highest BCUT2D eigenvalue weighted by atomic mass is 79.9. The Hall–Kier alpha value is -0.520. The van der Waals surface area contributed by atoms with Crippen LogP contribution in [0.25, 0.3) is 0 Å². The molecular weight excluding hydrogens is 306 g/mol. The summed E-state index contributed by atoms with van der Waals surface area (Å²) >= 11 is 3.07. The van der Waals surface area contributed by atoms with E-state index >= 15 is 0 Å². The summed E-state index contributed by atoms with van der Waals surface area (Å²) in [5.41, 5.74) is 0.118. The van der Waals surface area contributed by atoms with E-state index in [1.165, 1.54) is 13.0 Å². The summed E-state index contributed by atoms with van der Waals surface area (Å²) in [7, 11) is 0. The van der Waals surface area contributed by atoms with Crippen LogP contribution in [-0.2, 0) is 9.47 Å². The summed E-state index contributed by atoms with van der Waals surface area (Å²) in [5.74, 6) is -1.20. The maximum atomic E-state index is 14.0. The van der Waals surface area contributed by atoms with Crippen molar-refractivity contribution < 1.29 is 18.3 Å². The van der Waals surface area contributed by atoms with Gasteiger partial charge in [-0.25, -0.2) is 8.78 Å². The van der Waals surface area contributed by atoms with Crippen LogP contribution in [0.4, 0.5) is 8.78 Å². The minimum Gasteiger partial charge on any atom is -0.348 e. The van der Waals surface area contributed by atoms with Gasteiger partial charge < -0.3 is 9.47 Å². The topological polar surface area (TPSA) is 18.5 Å². The van der Waals surface area contributed by atoms with Crippen LogP contribution >= 0.6 is 15.9 Å². The molecule has 0 aromatic heterocycles. The smallest absolute Gasteiger partial charge is 0.186 e. The molecule has 1 saturated heterocycles. The molecule has 18 heavy (non-hydrogen) atoms. The van der Waals surface area contributed by atoms with Gasteiger partial charge in [0.25, 0.3) is 0 Å². The number of rotatable bonds is 1. The Balaban J connectivity index is 2.30. The molecule has 0 saturated carbocycles. The number of halogens is 3. The molecule has 0 aliphatic carbocycles. The lowest BCUT2D eigenvalue weighted by Gasteiger charge is -2.35. The fourth-order valence-electron chi connectivity index (χ4n) is 1.80.